The zero-order valence-electron chi connectivity index (χ0n) is 11.2. The maximum Gasteiger partial charge on any atom is 0.253 e. The van der Waals surface area contributed by atoms with Crippen molar-refractivity contribution in [3.05, 3.63) is 29.8 Å². The van der Waals surface area contributed by atoms with Crippen LogP contribution in [0.15, 0.2) is 24.3 Å². The molecule has 3 N–H and O–H groups in total. The van der Waals surface area contributed by atoms with Crippen LogP contribution in [0, 0.1) is 5.92 Å². The standard InChI is InChI=1S/C14H22N2O2/c1-10(2)16-13-7-5-4-6-12(13)14(18)15-8-11(3)9-17/h4-7,10-11,16-17H,8-9H2,1-3H3,(H,15,18). The summed E-state index contributed by atoms with van der Waals surface area (Å²) in [7, 11) is 0. The Bertz CT molecular complexity index is 391. The third kappa shape index (κ3) is 4.37. The van der Waals surface area contributed by atoms with Crippen LogP contribution in [0.1, 0.15) is 31.1 Å². The van der Waals surface area contributed by atoms with Gasteiger partial charge in [0.15, 0.2) is 0 Å². The number of benzene rings is 1. The van der Waals surface area contributed by atoms with Crippen molar-refractivity contribution in [1.82, 2.24) is 5.32 Å². The number of hydrogen-bond donors (Lipinski definition) is 3. The van der Waals surface area contributed by atoms with Gasteiger partial charge in [0.05, 0.1) is 5.56 Å². The van der Waals surface area contributed by atoms with E-state index in [0.717, 1.165) is 5.69 Å². The van der Waals surface area contributed by atoms with Gasteiger partial charge in [-0.3, -0.25) is 4.79 Å². The lowest BCUT2D eigenvalue weighted by Crippen LogP contribution is -2.30. The molecule has 1 atom stereocenters. The van der Waals surface area contributed by atoms with Crippen molar-refractivity contribution in [3.8, 4) is 0 Å². The summed E-state index contributed by atoms with van der Waals surface area (Å²) in [4.78, 5) is 12.0. The van der Waals surface area contributed by atoms with Crippen LogP contribution in [0.2, 0.25) is 0 Å². The Morgan fingerprint density at radius 1 is 1.28 bits per heavy atom. The molecule has 1 amide bonds. The first-order chi connectivity index (χ1) is 8.54. The van der Waals surface area contributed by atoms with Crippen LogP contribution < -0.4 is 10.6 Å². The van der Waals surface area contributed by atoms with Crippen LogP contribution in [0.4, 0.5) is 5.69 Å². The fraction of sp³-hybridized carbons (Fsp3) is 0.500. The lowest BCUT2D eigenvalue weighted by molar-refractivity contribution is 0.0943. The van der Waals surface area contributed by atoms with E-state index < -0.39 is 0 Å². The zero-order chi connectivity index (χ0) is 13.5. The highest BCUT2D eigenvalue weighted by Gasteiger charge is 2.12. The highest BCUT2D eigenvalue weighted by atomic mass is 16.3. The van der Waals surface area contributed by atoms with Crippen molar-refractivity contribution in [3.63, 3.8) is 0 Å². The number of carbonyl (C=O) groups excluding carboxylic acids is 1. The molecule has 0 saturated carbocycles. The number of amides is 1. The Morgan fingerprint density at radius 3 is 2.56 bits per heavy atom. The van der Waals surface area contributed by atoms with E-state index in [1.807, 2.05) is 39.0 Å². The summed E-state index contributed by atoms with van der Waals surface area (Å²) in [5, 5.41) is 15.0. The van der Waals surface area contributed by atoms with E-state index >= 15 is 0 Å². The minimum Gasteiger partial charge on any atom is -0.396 e. The van der Waals surface area contributed by atoms with E-state index in [1.54, 1.807) is 6.07 Å². The molecule has 0 aliphatic carbocycles. The molecular weight excluding hydrogens is 228 g/mol. The molecule has 1 rings (SSSR count). The quantitative estimate of drug-likeness (QED) is 0.722. The highest BCUT2D eigenvalue weighted by molar-refractivity contribution is 5.99. The normalized spacial score (nSPS) is 12.3. The monoisotopic (exact) mass is 250 g/mol. The summed E-state index contributed by atoms with van der Waals surface area (Å²) in [6.07, 6.45) is 0. The van der Waals surface area contributed by atoms with Gasteiger partial charge in [0.1, 0.15) is 0 Å². The zero-order valence-corrected chi connectivity index (χ0v) is 11.2. The molecule has 0 fully saturated rings. The Labute approximate surface area is 108 Å². The first-order valence-electron chi connectivity index (χ1n) is 6.29. The Hall–Kier alpha value is -1.55. The van der Waals surface area contributed by atoms with Gasteiger partial charge < -0.3 is 15.7 Å². The summed E-state index contributed by atoms with van der Waals surface area (Å²) in [5.74, 6) is -0.0433. The topological polar surface area (TPSA) is 61.4 Å². The SMILES string of the molecule is CC(CO)CNC(=O)c1ccccc1NC(C)C. The van der Waals surface area contributed by atoms with Crippen LogP contribution in [0.5, 0.6) is 0 Å². The molecule has 0 aliphatic heterocycles. The molecule has 0 heterocycles. The first kappa shape index (κ1) is 14.5. The first-order valence-corrected chi connectivity index (χ1v) is 6.29. The number of anilines is 1. The molecule has 1 aromatic carbocycles. The average molecular weight is 250 g/mol. The van der Waals surface area contributed by atoms with E-state index in [-0.39, 0.29) is 24.5 Å². The second kappa shape index (κ2) is 7.01. The number of carbonyl (C=O) groups is 1. The van der Waals surface area contributed by atoms with Gasteiger partial charge in [-0.1, -0.05) is 19.1 Å². The van der Waals surface area contributed by atoms with E-state index in [4.69, 9.17) is 5.11 Å². The predicted molar refractivity (Wildman–Crippen MR) is 73.8 cm³/mol. The van der Waals surface area contributed by atoms with Gasteiger partial charge in [-0.05, 0) is 31.9 Å². The largest absolute Gasteiger partial charge is 0.396 e. The smallest absolute Gasteiger partial charge is 0.253 e. The second-order valence-corrected chi connectivity index (χ2v) is 4.84. The maximum absolute atomic E-state index is 12.0. The molecule has 4 heteroatoms. The summed E-state index contributed by atoms with van der Waals surface area (Å²) < 4.78 is 0. The average Bonchev–Trinajstić information content (AvgIpc) is 2.35. The van der Waals surface area contributed by atoms with Crippen LogP contribution in [-0.2, 0) is 0 Å². The van der Waals surface area contributed by atoms with Gasteiger partial charge in [0.2, 0.25) is 0 Å². The second-order valence-electron chi connectivity index (χ2n) is 4.84. The van der Waals surface area contributed by atoms with Crippen molar-refractivity contribution in [1.29, 1.82) is 0 Å². The lowest BCUT2D eigenvalue weighted by Gasteiger charge is -2.15. The van der Waals surface area contributed by atoms with Crippen molar-refractivity contribution in [2.45, 2.75) is 26.8 Å². The van der Waals surface area contributed by atoms with Crippen LogP contribution in [0.3, 0.4) is 0 Å². The number of hydrogen-bond acceptors (Lipinski definition) is 3. The molecule has 1 unspecified atom stereocenters. The van der Waals surface area contributed by atoms with Gasteiger partial charge in [0, 0.05) is 24.9 Å². The predicted octanol–water partition coefficient (Wildman–Crippen LogP) is 1.87. The molecule has 0 bridgehead atoms. The van der Waals surface area contributed by atoms with Crippen LogP contribution in [0.25, 0.3) is 0 Å². The number of aliphatic hydroxyl groups excluding tert-OH is 1. The third-order valence-electron chi connectivity index (χ3n) is 2.54. The van der Waals surface area contributed by atoms with Gasteiger partial charge in [-0.2, -0.15) is 0 Å². The molecule has 0 aliphatic rings. The van der Waals surface area contributed by atoms with E-state index in [9.17, 15) is 4.79 Å². The Morgan fingerprint density at radius 2 is 1.94 bits per heavy atom. The maximum atomic E-state index is 12.0. The van der Waals surface area contributed by atoms with E-state index in [0.29, 0.717) is 12.1 Å². The molecule has 0 saturated heterocycles. The molecule has 0 spiro atoms. The minimum atomic E-state index is -0.112. The molecule has 1 aromatic rings. The van der Waals surface area contributed by atoms with E-state index in [1.165, 1.54) is 0 Å². The number of aliphatic hydroxyl groups is 1. The minimum absolute atomic E-state index is 0.0687. The van der Waals surface area contributed by atoms with Crippen LogP contribution >= 0.6 is 0 Å². The Kier molecular flexibility index (Phi) is 5.65. The van der Waals surface area contributed by atoms with Crippen molar-refractivity contribution >= 4 is 11.6 Å². The lowest BCUT2D eigenvalue weighted by atomic mass is 10.1. The fourth-order valence-electron chi connectivity index (χ4n) is 1.54. The molecule has 0 aromatic heterocycles. The van der Waals surface area contributed by atoms with Crippen molar-refractivity contribution in [2.24, 2.45) is 5.92 Å². The summed E-state index contributed by atoms with van der Waals surface area (Å²) in [5.41, 5.74) is 1.47. The van der Waals surface area contributed by atoms with Gasteiger partial charge >= 0.3 is 0 Å². The third-order valence-corrected chi connectivity index (χ3v) is 2.54. The molecule has 100 valence electrons. The van der Waals surface area contributed by atoms with Gasteiger partial charge in [-0.25, -0.2) is 0 Å². The van der Waals surface area contributed by atoms with Crippen LogP contribution in [-0.4, -0.2) is 30.2 Å². The van der Waals surface area contributed by atoms with E-state index in [2.05, 4.69) is 10.6 Å². The highest BCUT2D eigenvalue weighted by Crippen LogP contribution is 2.15. The number of para-hydroxylation sites is 1. The summed E-state index contributed by atoms with van der Waals surface area (Å²) in [6.45, 7) is 6.50. The fourth-order valence-corrected chi connectivity index (χ4v) is 1.54. The van der Waals surface area contributed by atoms with Gasteiger partial charge in [-0.15, -0.1) is 0 Å². The number of rotatable bonds is 6. The van der Waals surface area contributed by atoms with Gasteiger partial charge in [0.25, 0.3) is 5.91 Å². The molecular formula is C14H22N2O2. The molecule has 4 nitrogen and oxygen atoms in total. The number of nitrogens with one attached hydrogen (secondary N) is 2. The Balaban J connectivity index is 2.72. The van der Waals surface area contributed by atoms with Crippen molar-refractivity contribution in [2.75, 3.05) is 18.5 Å². The molecule has 0 radical (unpaired) electrons. The van der Waals surface area contributed by atoms with Crippen molar-refractivity contribution < 1.29 is 9.90 Å². The summed E-state index contributed by atoms with van der Waals surface area (Å²) in [6, 6.07) is 7.71. The summed E-state index contributed by atoms with van der Waals surface area (Å²) >= 11 is 0. The molecule has 18 heavy (non-hydrogen) atoms.